The Labute approximate surface area is 209 Å². The molecule has 34 heavy (non-hydrogen) atoms. The SMILES string of the molecule is CN[C@H](CC[C@@H]1CCN(CCSc2cccs2)C[C@@H]1C(=O)O)c1ccnc2ccc(OC)cc12. The molecular formula is C26H33N3O3S2. The topological polar surface area (TPSA) is 74.7 Å². The molecule has 1 aliphatic heterocycles. The van der Waals surface area contributed by atoms with E-state index in [1.54, 1.807) is 18.4 Å². The number of pyridine rings is 1. The van der Waals surface area contributed by atoms with Gasteiger partial charge >= 0.3 is 5.97 Å². The highest BCUT2D eigenvalue weighted by atomic mass is 32.2. The van der Waals surface area contributed by atoms with Crippen molar-refractivity contribution in [2.24, 2.45) is 11.8 Å². The van der Waals surface area contributed by atoms with Crippen molar-refractivity contribution >= 4 is 40.0 Å². The predicted octanol–water partition coefficient (Wildman–Crippen LogP) is 5.16. The van der Waals surface area contributed by atoms with E-state index in [0.717, 1.165) is 54.8 Å². The number of likely N-dealkylation sites (tertiary alicyclic amines) is 1. The van der Waals surface area contributed by atoms with Crippen LogP contribution in [0.15, 0.2) is 52.2 Å². The van der Waals surface area contributed by atoms with Crippen LogP contribution in [0.4, 0.5) is 0 Å². The van der Waals surface area contributed by atoms with Crippen molar-refractivity contribution < 1.29 is 14.6 Å². The molecule has 0 amide bonds. The lowest BCUT2D eigenvalue weighted by molar-refractivity contribution is -0.146. The Kier molecular flexibility index (Phi) is 8.83. The minimum Gasteiger partial charge on any atom is -0.497 e. The fourth-order valence-electron chi connectivity index (χ4n) is 4.93. The van der Waals surface area contributed by atoms with Gasteiger partial charge in [-0.15, -0.1) is 23.1 Å². The number of rotatable bonds is 11. The van der Waals surface area contributed by atoms with E-state index >= 15 is 0 Å². The molecule has 0 unspecified atom stereocenters. The quantitative estimate of drug-likeness (QED) is 0.353. The van der Waals surface area contributed by atoms with Crippen LogP contribution in [0.3, 0.4) is 0 Å². The number of fused-ring (bicyclic) bond motifs is 1. The maximum absolute atomic E-state index is 12.1. The molecular weight excluding hydrogens is 466 g/mol. The second-order valence-electron chi connectivity index (χ2n) is 8.78. The second kappa shape index (κ2) is 12.0. The van der Waals surface area contributed by atoms with E-state index in [2.05, 4.69) is 38.8 Å². The van der Waals surface area contributed by atoms with Gasteiger partial charge in [-0.05, 0) is 80.0 Å². The largest absolute Gasteiger partial charge is 0.497 e. The average Bonchev–Trinajstić information content (AvgIpc) is 3.38. The number of thiophene rings is 1. The van der Waals surface area contributed by atoms with Crippen LogP contribution >= 0.6 is 23.1 Å². The Balaban J connectivity index is 1.38. The zero-order valence-corrected chi connectivity index (χ0v) is 21.4. The molecule has 1 fully saturated rings. The summed E-state index contributed by atoms with van der Waals surface area (Å²) in [6.07, 6.45) is 4.55. The summed E-state index contributed by atoms with van der Waals surface area (Å²) in [6, 6.07) is 12.4. The van der Waals surface area contributed by atoms with Crippen LogP contribution in [0.2, 0.25) is 0 Å². The fraction of sp³-hybridized carbons (Fsp3) is 0.462. The summed E-state index contributed by atoms with van der Waals surface area (Å²) in [4.78, 5) is 19.0. The molecule has 0 saturated carbocycles. The number of thioether (sulfide) groups is 1. The molecule has 0 bridgehead atoms. The summed E-state index contributed by atoms with van der Waals surface area (Å²) in [5.41, 5.74) is 2.12. The van der Waals surface area contributed by atoms with E-state index in [1.807, 2.05) is 43.2 Å². The van der Waals surface area contributed by atoms with Crippen molar-refractivity contribution in [1.29, 1.82) is 0 Å². The second-order valence-corrected chi connectivity index (χ2v) is 11.1. The summed E-state index contributed by atoms with van der Waals surface area (Å²) in [6.45, 7) is 2.55. The number of carboxylic acid groups (broad SMARTS) is 1. The summed E-state index contributed by atoms with van der Waals surface area (Å²) in [5.74, 6) is 1.02. The first-order chi connectivity index (χ1) is 16.6. The number of piperidine rings is 1. The van der Waals surface area contributed by atoms with Crippen LogP contribution in [-0.4, -0.2) is 60.5 Å². The summed E-state index contributed by atoms with van der Waals surface area (Å²) in [5, 5.41) is 16.6. The molecule has 182 valence electrons. The number of nitrogens with one attached hydrogen (secondary N) is 1. The third kappa shape index (κ3) is 6.10. The molecule has 0 spiro atoms. The van der Waals surface area contributed by atoms with Crippen LogP contribution < -0.4 is 10.1 Å². The molecule has 3 heterocycles. The molecule has 3 aromatic rings. The third-order valence-electron chi connectivity index (χ3n) is 6.84. The Morgan fingerprint density at radius 3 is 3.00 bits per heavy atom. The Morgan fingerprint density at radius 2 is 2.26 bits per heavy atom. The zero-order chi connectivity index (χ0) is 23.9. The van der Waals surface area contributed by atoms with Crippen LogP contribution in [-0.2, 0) is 4.79 Å². The molecule has 2 N–H and O–H groups in total. The van der Waals surface area contributed by atoms with Gasteiger partial charge in [0.1, 0.15) is 5.75 Å². The summed E-state index contributed by atoms with van der Waals surface area (Å²) >= 11 is 3.62. The van der Waals surface area contributed by atoms with E-state index in [-0.39, 0.29) is 17.9 Å². The Hall–Kier alpha value is -2.13. The molecule has 1 saturated heterocycles. The van der Waals surface area contributed by atoms with E-state index in [9.17, 15) is 9.90 Å². The van der Waals surface area contributed by atoms with E-state index in [4.69, 9.17) is 4.74 Å². The number of methoxy groups -OCH3 is 1. The third-order valence-corrected chi connectivity index (χ3v) is 8.95. The van der Waals surface area contributed by atoms with Gasteiger partial charge in [0, 0.05) is 36.5 Å². The molecule has 0 aliphatic carbocycles. The fourth-order valence-corrected chi connectivity index (χ4v) is 6.79. The number of ether oxygens (including phenoxy) is 1. The minimum absolute atomic E-state index is 0.132. The van der Waals surface area contributed by atoms with E-state index in [0.29, 0.717) is 6.54 Å². The van der Waals surface area contributed by atoms with Crippen molar-refractivity contribution in [3.8, 4) is 5.75 Å². The van der Waals surface area contributed by atoms with Crippen molar-refractivity contribution in [1.82, 2.24) is 15.2 Å². The minimum atomic E-state index is -0.666. The molecule has 8 heteroatoms. The summed E-state index contributed by atoms with van der Waals surface area (Å²) < 4.78 is 6.75. The van der Waals surface area contributed by atoms with Gasteiger partial charge in [0.05, 0.1) is 22.8 Å². The smallest absolute Gasteiger partial charge is 0.308 e. The number of aromatic nitrogens is 1. The maximum atomic E-state index is 12.1. The van der Waals surface area contributed by atoms with Crippen molar-refractivity contribution in [3.63, 3.8) is 0 Å². The highest BCUT2D eigenvalue weighted by Gasteiger charge is 2.34. The molecule has 1 aliphatic rings. The van der Waals surface area contributed by atoms with Gasteiger partial charge in [-0.1, -0.05) is 6.07 Å². The van der Waals surface area contributed by atoms with Gasteiger partial charge in [-0.2, -0.15) is 0 Å². The first kappa shape index (κ1) is 25.0. The van der Waals surface area contributed by atoms with E-state index < -0.39 is 5.97 Å². The van der Waals surface area contributed by atoms with Crippen LogP contribution in [0.5, 0.6) is 5.75 Å². The van der Waals surface area contributed by atoms with Crippen molar-refractivity contribution in [2.45, 2.75) is 29.5 Å². The number of hydrogen-bond acceptors (Lipinski definition) is 7. The van der Waals surface area contributed by atoms with Crippen LogP contribution in [0.25, 0.3) is 10.9 Å². The zero-order valence-electron chi connectivity index (χ0n) is 19.8. The van der Waals surface area contributed by atoms with Gasteiger partial charge in [-0.25, -0.2) is 0 Å². The molecule has 6 nitrogen and oxygen atoms in total. The number of nitrogens with zero attached hydrogens (tertiary/aromatic N) is 2. The normalized spacial score (nSPS) is 19.8. The van der Waals surface area contributed by atoms with Gasteiger partial charge < -0.3 is 20.1 Å². The number of hydrogen-bond donors (Lipinski definition) is 2. The maximum Gasteiger partial charge on any atom is 0.308 e. The highest BCUT2D eigenvalue weighted by molar-refractivity contribution is 8.01. The van der Waals surface area contributed by atoms with Gasteiger partial charge in [-0.3, -0.25) is 9.78 Å². The standard InChI is InChI=1S/C26H33N3O3S2/c1-27-23(20-9-11-28-24-8-6-19(32-2)16-21(20)24)7-5-18-10-12-29(17-22(18)26(30)31)13-15-34-25-4-3-14-33-25/h3-4,6,8-9,11,14,16,18,22-23,27H,5,7,10,12-13,15,17H2,1-2H3,(H,30,31)/t18-,22+,23-/m1/s1. The molecule has 1 aromatic carbocycles. The summed E-state index contributed by atoms with van der Waals surface area (Å²) in [7, 11) is 3.64. The Bertz CT molecular complexity index is 1080. The predicted molar refractivity (Wildman–Crippen MR) is 140 cm³/mol. The number of carboxylic acids is 1. The van der Waals surface area contributed by atoms with E-state index in [1.165, 1.54) is 9.77 Å². The van der Waals surface area contributed by atoms with Gasteiger partial charge in [0.15, 0.2) is 0 Å². The monoisotopic (exact) mass is 499 g/mol. The number of aliphatic carboxylic acids is 1. The average molecular weight is 500 g/mol. The van der Waals surface area contributed by atoms with Crippen molar-refractivity contribution in [3.05, 3.63) is 53.5 Å². The lowest BCUT2D eigenvalue weighted by Crippen LogP contribution is -2.44. The Morgan fingerprint density at radius 1 is 1.38 bits per heavy atom. The molecule has 4 rings (SSSR count). The molecule has 3 atom stereocenters. The van der Waals surface area contributed by atoms with Gasteiger partial charge in [0.2, 0.25) is 0 Å². The van der Waals surface area contributed by atoms with Gasteiger partial charge in [0.25, 0.3) is 0 Å². The number of benzene rings is 1. The van der Waals surface area contributed by atoms with Crippen molar-refractivity contribution in [2.75, 3.05) is 39.5 Å². The lowest BCUT2D eigenvalue weighted by Gasteiger charge is -2.37. The first-order valence-corrected chi connectivity index (χ1v) is 13.7. The number of carbonyl (C=O) groups is 1. The van der Waals surface area contributed by atoms with Crippen LogP contribution in [0, 0.1) is 11.8 Å². The molecule has 2 aromatic heterocycles. The molecule has 0 radical (unpaired) electrons. The van der Waals surface area contributed by atoms with Crippen LogP contribution in [0.1, 0.15) is 30.9 Å². The lowest BCUT2D eigenvalue weighted by atomic mass is 9.81. The highest BCUT2D eigenvalue weighted by Crippen LogP contribution is 2.34. The first-order valence-electron chi connectivity index (χ1n) is 11.8.